The molecule has 0 aromatic heterocycles. The van der Waals surface area contributed by atoms with Crippen LogP contribution in [0.2, 0.25) is 0 Å². The molecule has 0 aliphatic rings. The molecule has 0 aliphatic carbocycles. The molecule has 0 saturated heterocycles. The van der Waals surface area contributed by atoms with Crippen LogP contribution in [-0.2, 0) is 20.8 Å². The molecule has 2 rings (SSSR count). The van der Waals surface area contributed by atoms with E-state index in [1.807, 2.05) is 6.07 Å². The highest BCUT2D eigenvalue weighted by atomic mass is 19.1. The minimum atomic E-state index is -1.13. The molecule has 0 saturated carbocycles. The highest BCUT2D eigenvalue weighted by molar-refractivity contribution is 5.98. The predicted octanol–water partition coefficient (Wildman–Crippen LogP) is 0.580. The normalized spacial score (nSPS) is 11.2. The smallest absolute Gasteiger partial charge is 0.260 e. The van der Waals surface area contributed by atoms with Crippen molar-refractivity contribution in [3.05, 3.63) is 71.5 Å². The third-order valence-electron chi connectivity index (χ3n) is 3.94. The van der Waals surface area contributed by atoms with Gasteiger partial charge in [-0.25, -0.2) is 4.39 Å². The Balaban J connectivity index is 1.95. The highest BCUT2D eigenvalue weighted by Crippen LogP contribution is 2.05. The van der Waals surface area contributed by atoms with Crippen molar-refractivity contribution in [1.29, 1.82) is 0 Å². The number of hydrazine groups is 1. The third-order valence-corrected chi connectivity index (χ3v) is 3.94. The SMILES string of the molecule is NC(=O)CCC(NC(=O)c1ccc(F)cc1)C(=O)NNC(=O)Cc1ccccc1. The number of amides is 4. The maximum absolute atomic E-state index is 13.0. The van der Waals surface area contributed by atoms with Gasteiger partial charge in [-0.15, -0.1) is 0 Å². The van der Waals surface area contributed by atoms with Crippen LogP contribution < -0.4 is 21.9 Å². The van der Waals surface area contributed by atoms with E-state index in [1.54, 1.807) is 24.3 Å². The molecular weight excluding hydrogens is 379 g/mol. The van der Waals surface area contributed by atoms with Crippen LogP contribution in [-0.4, -0.2) is 29.7 Å². The van der Waals surface area contributed by atoms with Crippen molar-refractivity contribution in [2.45, 2.75) is 25.3 Å². The predicted molar refractivity (Wildman–Crippen MR) is 103 cm³/mol. The minimum Gasteiger partial charge on any atom is -0.370 e. The van der Waals surface area contributed by atoms with Crippen LogP contribution >= 0.6 is 0 Å². The molecule has 1 unspecified atom stereocenters. The molecular formula is C20H21FN4O4. The van der Waals surface area contributed by atoms with Gasteiger partial charge in [0.05, 0.1) is 6.42 Å². The number of hydrogen-bond donors (Lipinski definition) is 4. The maximum Gasteiger partial charge on any atom is 0.260 e. The lowest BCUT2D eigenvalue weighted by molar-refractivity contribution is -0.130. The van der Waals surface area contributed by atoms with Crippen molar-refractivity contribution in [3.63, 3.8) is 0 Å². The van der Waals surface area contributed by atoms with Crippen molar-refractivity contribution in [3.8, 4) is 0 Å². The van der Waals surface area contributed by atoms with Crippen molar-refractivity contribution in [2.75, 3.05) is 0 Å². The summed E-state index contributed by atoms with van der Waals surface area (Å²) in [6.07, 6.45) is -0.169. The van der Waals surface area contributed by atoms with Crippen LogP contribution in [0, 0.1) is 5.82 Å². The van der Waals surface area contributed by atoms with Gasteiger partial charge in [0.15, 0.2) is 0 Å². The van der Waals surface area contributed by atoms with Crippen molar-refractivity contribution < 1.29 is 23.6 Å². The van der Waals surface area contributed by atoms with Gasteiger partial charge in [0.1, 0.15) is 11.9 Å². The molecule has 0 bridgehead atoms. The number of primary amides is 1. The molecule has 0 aliphatic heterocycles. The summed E-state index contributed by atoms with van der Waals surface area (Å²) in [5, 5.41) is 2.45. The van der Waals surface area contributed by atoms with E-state index in [4.69, 9.17) is 5.73 Å². The molecule has 1 atom stereocenters. The zero-order chi connectivity index (χ0) is 21.2. The molecule has 8 nitrogen and oxygen atoms in total. The van der Waals surface area contributed by atoms with E-state index in [-0.39, 0.29) is 24.8 Å². The van der Waals surface area contributed by atoms with Gasteiger partial charge in [-0.3, -0.25) is 30.0 Å². The largest absolute Gasteiger partial charge is 0.370 e. The molecule has 152 valence electrons. The number of hydrogen-bond acceptors (Lipinski definition) is 4. The van der Waals surface area contributed by atoms with E-state index < -0.39 is 35.5 Å². The number of nitrogens with one attached hydrogen (secondary N) is 3. The van der Waals surface area contributed by atoms with Crippen LogP contribution in [0.4, 0.5) is 4.39 Å². The van der Waals surface area contributed by atoms with Crippen molar-refractivity contribution in [2.24, 2.45) is 5.73 Å². The summed E-state index contributed by atoms with van der Waals surface area (Å²) in [5.41, 5.74) is 10.5. The quantitative estimate of drug-likeness (QED) is 0.483. The van der Waals surface area contributed by atoms with E-state index in [0.717, 1.165) is 17.7 Å². The van der Waals surface area contributed by atoms with Crippen LogP contribution in [0.15, 0.2) is 54.6 Å². The first-order valence-corrected chi connectivity index (χ1v) is 8.82. The number of rotatable bonds is 8. The fourth-order valence-corrected chi connectivity index (χ4v) is 2.44. The van der Waals surface area contributed by atoms with E-state index in [2.05, 4.69) is 16.2 Å². The molecule has 0 radical (unpaired) electrons. The molecule has 29 heavy (non-hydrogen) atoms. The van der Waals surface area contributed by atoms with Crippen LogP contribution in [0.5, 0.6) is 0 Å². The topological polar surface area (TPSA) is 130 Å². The summed E-state index contributed by atoms with van der Waals surface area (Å²) < 4.78 is 13.0. The third kappa shape index (κ3) is 7.41. The van der Waals surface area contributed by atoms with Gasteiger partial charge in [0.2, 0.25) is 11.8 Å². The zero-order valence-electron chi connectivity index (χ0n) is 15.5. The van der Waals surface area contributed by atoms with Gasteiger partial charge < -0.3 is 11.1 Å². The Morgan fingerprint density at radius 1 is 0.931 bits per heavy atom. The van der Waals surface area contributed by atoms with Crippen LogP contribution in [0.3, 0.4) is 0 Å². The first kappa shape index (κ1) is 21.5. The average molecular weight is 400 g/mol. The second-order valence-electron chi connectivity index (χ2n) is 6.24. The van der Waals surface area contributed by atoms with Gasteiger partial charge in [-0.1, -0.05) is 30.3 Å². The summed E-state index contributed by atoms with van der Waals surface area (Å²) in [4.78, 5) is 47.7. The van der Waals surface area contributed by atoms with Crippen LogP contribution in [0.25, 0.3) is 0 Å². The average Bonchev–Trinajstić information content (AvgIpc) is 2.70. The fourth-order valence-electron chi connectivity index (χ4n) is 2.44. The number of benzene rings is 2. The van der Waals surface area contributed by atoms with Gasteiger partial charge in [0, 0.05) is 12.0 Å². The van der Waals surface area contributed by atoms with E-state index in [9.17, 15) is 23.6 Å². The fraction of sp³-hybridized carbons (Fsp3) is 0.200. The summed E-state index contributed by atoms with van der Waals surface area (Å²) in [6.45, 7) is 0. The minimum absolute atomic E-state index is 0.0506. The standard InChI is InChI=1S/C20H21FN4O4/c21-15-8-6-14(7-9-15)19(28)23-16(10-11-17(22)26)20(29)25-24-18(27)12-13-4-2-1-3-5-13/h1-9,16H,10-12H2,(H2,22,26)(H,23,28)(H,24,27)(H,25,29). The van der Waals surface area contributed by atoms with Crippen molar-refractivity contribution >= 4 is 23.6 Å². The van der Waals surface area contributed by atoms with E-state index in [0.29, 0.717) is 0 Å². The second kappa shape index (κ2) is 10.5. The Bertz CT molecular complexity index is 872. The van der Waals surface area contributed by atoms with Crippen LogP contribution in [0.1, 0.15) is 28.8 Å². The molecule has 0 spiro atoms. The van der Waals surface area contributed by atoms with Gasteiger partial charge >= 0.3 is 0 Å². The number of halogens is 1. The Morgan fingerprint density at radius 3 is 2.21 bits per heavy atom. The first-order chi connectivity index (χ1) is 13.8. The lowest BCUT2D eigenvalue weighted by Crippen LogP contribution is -2.52. The molecule has 2 aromatic rings. The highest BCUT2D eigenvalue weighted by Gasteiger charge is 2.22. The van der Waals surface area contributed by atoms with E-state index in [1.165, 1.54) is 12.1 Å². The van der Waals surface area contributed by atoms with Crippen molar-refractivity contribution in [1.82, 2.24) is 16.2 Å². The molecule has 9 heteroatoms. The molecule has 2 aromatic carbocycles. The Hall–Kier alpha value is -3.75. The zero-order valence-corrected chi connectivity index (χ0v) is 15.5. The second-order valence-corrected chi connectivity index (χ2v) is 6.24. The maximum atomic E-state index is 13.0. The van der Waals surface area contributed by atoms with E-state index >= 15 is 0 Å². The monoisotopic (exact) mass is 400 g/mol. The van der Waals surface area contributed by atoms with Gasteiger partial charge in [-0.05, 0) is 36.2 Å². The Labute approximate surface area is 166 Å². The molecule has 0 fully saturated rings. The lowest BCUT2D eigenvalue weighted by Gasteiger charge is -2.18. The molecule has 4 amide bonds. The summed E-state index contributed by atoms with van der Waals surface area (Å²) in [5.74, 6) is -2.96. The number of carbonyl (C=O) groups excluding carboxylic acids is 4. The summed E-state index contributed by atoms with van der Waals surface area (Å²) in [7, 11) is 0. The van der Waals surface area contributed by atoms with Gasteiger partial charge in [0.25, 0.3) is 11.8 Å². The first-order valence-electron chi connectivity index (χ1n) is 8.82. The molecule has 5 N–H and O–H groups in total. The lowest BCUT2D eigenvalue weighted by atomic mass is 10.1. The molecule has 0 heterocycles. The van der Waals surface area contributed by atoms with Gasteiger partial charge in [-0.2, -0.15) is 0 Å². The Morgan fingerprint density at radius 2 is 1.59 bits per heavy atom. The number of nitrogens with two attached hydrogens (primary N) is 1. The summed E-state index contributed by atoms with van der Waals surface area (Å²) in [6, 6.07) is 12.5. The Kier molecular flexibility index (Phi) is 7.84. The number of carbonyl (C=O) groups is 4. The summed E-state index contributed by atoms with van der Waals surface area (Å²) >= 11 is 0.